The Labute approximate surface area is 227 Å². The molecular formula is C32H44N2O2S. The third-order valence-electron chi connectivity index (χ3n) is 7.88. The topological polar surface area (TPSA) is 34.5 Å². The Morgan fingerprint density at radius 1 is 1.00 bits per heavy atom. The molecule has 0 radical (unpaired) electrons. The third kappa shape index (κ3) is 6.37. The summed E-state index contributed by atoms with van der Waals surface area (Å²) in [6.07, 6.45) is 10.9. The molecular weight excluding hydrogens is 476 g/mol. The van der Waals surface area contributed by atoms with Gasteiger partial charge in [-0.05, 0) is 91.8 Å². The van der Waals surface area contributed by atoms with E-state index >= 15 is 0 Å². The van der Waals surface area contributed by atoms with Crippen LogP contribution in [0.1, 0.15) is 82.3 Å². The average molecular weight is 521 g/mol. The largest absolute Gasteiger partial charge is 0.497 e. The number of hydrogen-bond donors (Lipinski definition) is 0. The van der Waals surface area contributed by atoms with Crippen LogP contribution in [0.4, 0.5) is 0 Å². The standard InChI is InChI=1S/C32H44N2O2S/c1-23(2)27-21-25(14-17-30(27)37-5)32-24(3)28-22-26(36-4)15-16-29(28)34(32)20-10-8-6-7-9-13-31(35)33-18-11-12-19-33/h14-17,21-23H,6-13,18-20H2,1-5H3. The van der Waals surface area contributed by atoms with E-state index in [1.54, 1.807) is 7.11 Å². The van der Waals surface area contributed by atoms with Gasteiger partial charge in [0.25, 0.3) is 0 Å². The van der Waals surface area contributed by atoms with Gasteiger partial charge in [-0.3, -0.25) is 4.79 Å². The Hall–Kier alpha value is -2.40. The molecule has 0 spiro atoms. The maximum Gasteiger partial charge on any atom is 0.222 e. The van der Waals surface area contributed by atoms with Gasteiger partial charge in [0.05, 0.1) is 12.8 Å². The van der Waals surface area contributed by atoms with E-state index < -0.39 is 0 Å². The Kier molecular flexibility index (Phi) is 9.64. The van der Waals surface area contributed by atoms with Crippen molar-refractivity contribution < 1.29 is 9.53 Å². The first kappa shape index (κ1) is 27.6. The normalized spacial score (nSPS) is 13.7. The van der Waals surface area contributed by atoms with E-state index in [1.807, 2.05) is 16.7 Å². The lowest BCUT2D eigenvalue weighted by atomic mass is 9.98. The summed E-state index contributed by atoms with van der Waals surface area (Å²) in [5.41, 5.74) is 6.65. The molecule has 1 saturated heterocycles. The number of methoxy groups -OCH3 is 1. The summed E-state index contributed by atoms with van der Waals surface area (Å²) in [4.78, 5) is 15.7. The molecule has 5 heteroatoms. The zero-order chi connectivity index (χ0) is 26.4. The molecule has 4 nitrogen and oxygen atoms in total. The monoisotopic (exact) mass is 520 g/mol. The summed E-state index contributed by atoms with van der Waals surface area (Å²) in [5.74, 6) is 1.75. The van der Waals surface area contributed by atoms with Crippen molar-refractivity contribution in [3.63, 3.8) is 0 Å². The first-order valence-electron chi connectivity index (χ1n) is 14.1. The second kappa shape index (κ2) is 12.9. The van der Waals surface area contributed by atoms with Crippen molar-refractivity contribution in [3.8, 4) is 17.0 Å². The van der Waals surface area contributed by atoms with Gasteiger partial charge in [-0.2, -0.15) is 0 Å². The molecule has 1 aliphatic rings. The molecule has 1 amide bonds. The van der Waals surface area contributed by atoms with Crippen LogP contribution in [0.2, 0.25) is 0 Å². The summed E-state index contributed by atoms with van der Waals surface area (Å²) >= 11 is 1.83. The van der Waals surface area contributed by atoms with Crippen LogP contribution in [0.5, 0.6) is 5.75 Å². The van der Waals surface area contributed by atoms with Crippen LogP contribution in [-0.4, -0.2) is 41.8 Å². The van der Waals surface area contributed by atoms with E-state index in [2.05, 4.69) is 68.0 Å². The molecule has 37 heavy (non-hydrogen) atoms. The zero-order valence-corrected chi connectivity index (χ0v) is 24.3. The van der Waals surface area contributed by atoms with Crippen molar-refractivity contribution in [2.24, 2.45) is 0 Å². The minimum absolute atomic E-state index is 0.361. The van der Waals surface area contributed by atoms with Crippen LogP contribution in [-0.2, 0) is 11.3 Å². The minimum Gasteiger partial charge on any atom is -0.497 e. The van der Waals surface area contributed by atoms with Crippen LogP contribution in [0.3, 0.4) is 0 Å². The fraction of sp³-hybridized carbons (Fsp3) is 0.531. The molecule has 0 saturated carbocycles. The smallest absolute Gasteiger partial charge is 0.222 e. The summed E-state index contributed by atoms with van der Waals surface area (Å²) < 4.78 is 8.09. The fourth-order valence-electron chi connectivity index (χ4n) is 5.77. The highest BCUT2D eigenvalue weighted by atomic mass is 32.2. The van der Waals surface area contributed by atoms with Crippen molar-refractivity contribution in [1.82, 2.24) is 9.47 Å². The number of nitrogens with zero attached hydrogens (tertiary/aromatic N) is 2. The van der Waals surface area contributed by atoms with Crippen LogP contribution in [0.15, 0.2) is 41.3 Å². The third-order valence-corrected chi connectivity index (χ3v) is 8.69. The molecule has 1 fully saturated rings. The van der Waals surface area contributed by atoms with Gasteiger partial charge >= 0.3 is 0 Å². The van der Waals surface area contributed by atoms with Crippen molar-refractivity contribution >= 4 is 28.6 Å². The lowest BCUT2D eigenvalue weighted by Crippen LogP contribution is -2.27. The zero-order valence-electron chi connectivity index (χ0n) is 23.4. The van der Waals surface area contributed by atoms with Gasteiger partial charge in [-0.15, -0.1) is 11.8 Å². The number of carbonyl (C=O) groups excluding carboxylic acids is 1. The van der Waals surface area contributed by atoms with Gasteiger partial charge < -0.3 is 14.2 Å². The molecule has 0 N–H and O–H groups in total. The molecule has 0 bridgehead atoms. The first-order valence-corrected chi connectivity index (χ1v) is 15.3. The molecule has 1 aliphatic heterocycles. The predicted molar refractivity (Wildman–Crippen MR) is 158 cm³/mol. The molecule has 1 aromatic heterocycles. The van der Waals surface area contributed by atoms with Gasteiger partial charge in [0.15, 0.2) is 0 Å². The number of fused-ring (bicyclic) bond motifs is 1. The van der Waals surface area contributed by atoms with Crippen molar-refractivity contribution in [2.45, 2.75) is 89.5 Å². The van der Waals surface area contributed by atoms with E-state index in [1.165, 1.54) is 63.9 Å². The number of hydrogen-bond acceptors (Lipinski definition) is 3. The van der Waals surface area contributed by atoms with E-state index in [0.29, 0.717) is 11.8 Å². The molecule has 0 aliphatic carbocycles. The number of unbranched alkanes of at least 4 members (excludes halogenated alkanes) is 4. The lowest BCUT2D eigenvalue weighted by molar-refractivity contribution is -0.130. The van der Waals surface area contributed by atoms with Crippen molar-refractivity contribution in [2.75, 3.05) is 26.5 Å². The Morgan fingerprint density at radius 2 is 1.73 bits per heavy atom. The van der Waals surface area contributed by atoms with E-state index in [-0.39, 0.29) is 0 Å². The van der Waals surface area contributed by atoms with E-state index in [0.717, 1.165) is 51.1 Å². The van der Waals surface area contributed by atoms with E-state index in [4.69, 9.17) is 4.74 Å². The quantitative estimate of drug-likeness (QED) is 0.177. The van der Waals surface area contributed by atoms with Crippen molar-refractivity contribution in [3.05, 3.63) is 47.5 Å². The van der Waals surface area contributed by atoms with E-state index in [9.17, 15) is 4.79 Å². The number of ether oxygens (including phenoxy) is 1. The Bertz CT molecular complexity index is 1210. The number of rotatable bonds is 12. The second-order valence-corrected chi connectivity index (χ2v) is 11.6. The highest BCUT2D eigenvalue weighted by molar-refractivity contribution is 7.98. The predicted octanol–water partition coefficient (Wildman–Crippen LogP) is 8.43. The maximum atomic E-state index is 12.3. The SMILES string of the molecule is COc1ccc2c(c1)c(C)c(-c1ccc(SC)c(C(C)C)c1)n2CCCCCCCC(=O)N1CCCC1. The second-order valence-electron chi connectivity index (χ2n) is 10.7. The Balaban J connectivity index is 1.48. The highest BCUT2D eigenvalue weighted by Crippen LogP contribution is 2.38. The van der Waals surface area contributed by atoms with Crippen LogP contribution in [0.25, 0.3) is 22.2 Å². The number of thioether (sulfide) groups is 1. The maximum absolute atomic E-state index is 12.3. The van der Waals surface area contributed by atoms with Crippen LogP contribution >= 0.6 is 11.8 Å². The number of amides is 1. The highest BCUT2D eigenvalue weighted by Gasteiger charge is 2.19. The number of aromatic nitrogens is 1. The lowest BCUT2D eigenvalue weighted by Gasteiger charge is -2.16. The molecule has 4 rings (SSSR count). The fourth-order valence-corrected chi connectivity index (χ4v) is 6.50. The average Bonchev–Trinajstić information content (AvgIpc) is 3.54. The molecule has 3 aromatic rings. The summed E-state index contributed by atoms with van der Waals surface area (Å²) in [6.45, 7) is 9.75. The minimum atomic E-state index is 0.361. The summed E-state index contributed by atoms with van der Waals surface area (Å²) in [7, 11) is 1.74. The summed E-state index contributed by atoms with van der Waals surface area (Å²) in [6, 6.07) is 13.5. The number of likely N-dealkylation sites (tertiary alicyclic amines) is 1. The van der Waals surface area contributed by atoms with Gasteiger partial charge in [0.1, 0.15) is 5.75 Å². The first-order chi connectivity index (χ1) is 17.9. The molecule has 200 valence electrons. The number of aryl methyl sites for hydroxylation is 2. The molecule has 2 aromatic carbocycles. The number of benzene rings is 2. The molecule has 0 unspecified atom stereocenters. The van der Waals surface area contributed by atoms with Crippen LogP contribution in [0, 0.1) is 6.92 Å². The number of carbonyl (C=O) groups is 1. The van der Waals surface area contributed by atoms with Crippen LogP contribution < -0.4 is 4.74 Å². The Morgan fingerprint density at radius 3 is 2.43 bits per heavy atom. The molecule has 2 heterocycles. The van der Waals surface area contributed by atoms with Gasteiger partial charge in [0, 0.05) is 41.9 Å². The molecule has 0 atom stereocenters. The van der Waals surface area contributed by atoms with Gasteiger partial charge in [0.2, 0.25) is 5.91 Å². The van der Waals surface area contributed by atoms with Crippen molar-refractivity contribution in [1.29, 1.82) is 0 Å². The summed E-state index contributed by atoms with van der Waals surface area (Å²) in [5, 5.41) is 1.27. The van der Waals surface area contributed by atoms with Gasteiger partial charge in [-0.1, -0.05) is 39.2 Å². The van der Waals surface area contributed by atoms with Gasteiger partial charge in [-0.25, -0.2) is 0 Å².